The van der Waals surface area contributed by atoms with E-state index in [9.17, 15) is 10.2 Å². The number of rotatable bonds is 2. The maximum Gasteiger partial charge on any atom is 0.207 e. The third-order valence-corrected chi connectivity index (χ3v) is 2.03. The number of aliphatic hydroxyl groups is 4. The van der Waals surface area contributed by atoms with Crippen LogP contribution in [0.1, 0.15) is 0 Å². The van der Waals surface area contributed by atoms with Crippen molar-refractivity contribution in [2.75, 3.05) is 13.2 Å². The van der Waals surface area contributed by atoms with Gasteiger partial charge in [-0.15, -0.1) is 0 Å². The Kier molecular flexibility index (Phi) is 2.67. The van der Waals surface area contributed by atoms with Gasteiger partial charge >= 0.3 is 0 Å². The predicted octanol–water partition coefficient (Wildman–Crippen LogP) is -3.25. The molecule has 6 nitrogen and oxygen atoms in total. The largest absolute Gasteiger partial charge is 0.394 e. The SMILES string of the molecule is N[C@H]1[C@H](O)[C@@H](CO)O[C@]1(O)CO. The number of hydrogen-bond donors (Lipinski definition) is 5. The summed E-state index contributed by atoms with van der Waals surface area (Å²) in [6.45, 7) is -1.15. The Balaban J connectivity index is 2.72. The summed E-state index contributed by atoms with van der Waals surface area (Å²) in [6, 6.07) is -1.10. The van der Waals surface area contributed by atoms with Crippen LogP contribution in [0.25, 0.3) is 0 Å². The predicted molar refractivity (Wildman–Crippen MR) is 38.0 cm³/mol. The van der Waals surface area contributed by atoms with Gasteiger partial charge in [-0.1, -0.05) is 0 Å². The molecule has 0 aliphatic carbocycles. The summed E-state index contributed by atoms with van der Waals surface area (Å²) in [4.78, 5) is 0. The van der Waals surface area contributed by atoms with E-state index >= 15 is 0 Å². The van der Waals surface area contributed by atoms with Crippen molar-refractivity contribution in [3.05, 3.63) is 0 Å². The zero-order valence-corrected chi connectivity index (χ0v) is 6.42. The van der Waals surface area contributed by atoms with Crippen molar-refractivity contribution in [1.29, 1.82) is 0 Å². The molecule has 0 amide bonds. The van der Waals surface area contributed by atoms with Crippen molar-refractivity contribution >= 4 is 0 Å². The maximum absolute atomic E-state index is 9.37. The molecule has 0 saturated carbocycles. The van der Waals surface area contributed by atoms with E-state index in [0.717, 1.165) is 0 Å². The minimum atomic E-state index is -1.94. The first-order valence-corrected chi connectivity index (χ1v) is 3.60. The molecule has 0 spiro atoms. The summed E-state index contributed by atoms with van der Waals surface area (Å²) < 4.78 is 4.75. The first kappa shape index (κ1) is 9.85. The highest BCUT2D eigenvalue weighted by Crippen LogP contribution is 2.26. The lowest BCUT2D eigenvalue weighted by atomic mass is 10.0. The van der Waals surface area contributed by atoms with Crippen LogP contribution in [0.2, 0.25) is 0 Å². The maximum atomic E-state index is 9.37. The Morgan fingerprint density at radius 3 is 2.25 bits per heavy atom. The normalized spacial score (nSPS) is 48.2. The molecule has 1 rings (SSSR count). The van der Waals surface area contributed by atoms with Crippen molar-refractivity contribution in [2.45, 2.75) is 24.0 Å². The van der Waals surface area contributed by atoms with Gasteiger partial charge in [0, 0.05) is 0 Å². The fourth-order valence-electron chi connectivity index (χ4n) is 1.20. The van der Waals surface area contributed by atoms with Gasteiger partial charge in [0.05, 0.1) is 19.3 Å². The van der Waals surface area contributed by atoms with E-state index in [1.807, 2.05) is 0 Å². The number of aliphatic hydroxyl groups excluding tert-OH is 3. The summed E-state index contributed by atoms with van der Waals surface area (Å²) in [7, 11) is 0. The summed E-state index contributed by atoms with van der Waals surface area (Å²) in [5, 5.41) is 35.9. The van der Waals surface area contributed by atoms with E-state index in [1.54, 1.807) is 0 Å². The molecule has 6 heteroatoms. The van der Waals surface area contributed by atoms with Crippen LogP contribution in [0.15, 0.2) is 0 Å². The fraction of sp³-hybridized carbons (Fsp3) is 1.00. The second kappa shape index (κ2) is 3.25. The van der Waals surface area contributed by atoms with E-state index in [1.165, 1.54) is 0 Å². The highest BCUT2D eigenvalue weighted by Gasteiger charge is 2.51. The fourth-order valence-corrected chi connectivity index (χ4v) is 1.20. The Morgan fingerprint density at radius 1 is 1.42 bits per heavy atom. The zero-order valence-electron chi connectivity index (χ0n) is 6.42. The lowest BCUT2D eigenvalue weighted by Gasteiger charge is -2.23. The second-order valence-corrected chi connectivity index (χ2v) is 2.86. The Bertz CT molecular complexity index is 166. The van der Waals surface area contributed by atoms with E-state index in [-0.39, 0.29) is 0 Å². The van der Waals surface area contributed by atoms with Crippen molar-refractivity contribution in [2.24, 2.45) is 5.73 Å². The molecule has 0 radical (unpaired) electrons. The molecule has 1 aliphatic heterocycles. The van der Waals surface area contributed by atoms with Gasteiger partial charge in [-0.3, -0.25) is 0 Å². The topological polar surface area (TPSA) is 116 Å². The van der Waals surface area contributed by atoms with Crippen LogP contribution >= 0.6 is 0 Å². The standard InChI is InChI=1S/C6H13NO5/c7-5-4(10)3(1-8)12-6(5,11)2-9/h3-5,8-11H,1-2,7H2/t3-,4-,5+,6-/m1/s1. The van der Waals surface area contributed by atoms with Crippen molar-refractivity contribution in [1.82, 2.24) is 0 Å². The van der Waals surface area contributed by atoms with E-state index in [2.05, 4.69) is 0 Å². The highest BCUT2D eigenvalue weighted by molar-refractivity contribution is 4.97. The molecule has 0 unspecified atom stereocenters. The number of nitrogens with two attached hydrogens (primary N) is 1. The third kappa shape index (κ3) is 1.33. The quantitative estimate of drug-likeness (QED) is 0.304. The van der Waals surface area contributed by atoms with Crippen LogP contribution in [-0.4, -0.2) is 57.7 Å². The summed E-state index contributed by atoms with van der Waals surface area (Å²) in [5.74, 6) is -1.94. The summed E-state index contributed by atoms with van der Waals surface area (Å²) in [5.41, 5.74) is 5.34. The van der Waals surface area contributed by atoms with Crippen LogP contribution in [-0.2, 0) is 4.74 Å². The van der Waals surface area contributed by atoms with Crippen LogP contribution in [0.3, 0.4) is 0 Å². The molecular formula is C6H13NO5. The van der Waals surface area contributed by atoms with Crippen LogP contribution in [0, 0.1) is 0 Å². The Labute approximate surface area is 69.2 Å². The van der Waals surface area contributed by atoms with Gasteiger partial charge in [-0.05, 0) is 0 Å². The average molecular weight is 179 g/mol. The molecule has 0 bridgehead atoms. The Morgan fingerprint density at radius 2 is 2.00 bits per heavy atom. The minimum Gasteiger partial charge on any atom is -0.394 e. The molecule has 0 aromatic heterocycles. The highest BCUT2D eigenvalue weighted by atomic mass is 16.7. The molecule has 1 heterocycles. The van der Waals surface area contributed by atoms with E-state index < -0.39 is 37.3 Å². The molecule has 1 saturated heterocycles. The molecule has 12 heavy (non-hydrogen) atoms. The molecule has 0 aromatic carbocycles. The molecule has 4 atom stereocenters. The van der Waals surface area contributed by atoms with Crippen molar-refractivity contribution in [3.63, 3.8) is 0 Å². The van der Waals surface area contributed by atoms with Gasteiger partial charge in [0.25, 0.3) is 0 Å². The molecular weight excluding hydrogens is 166 g/mol. The number of hydrogen-bond acceptors (Lipinski definition) is 6. The van der Waals surface area contributed by atoms with Crippen LogP contribution < -0.4 is 5.73 Å². The zero-order chi connectivity index (χ0) is 9.35. The van der Waals surface area contributed by atoms with Gasteiger partial charge in [0.1, 0.15) is 12.2 Å². The first-order chi connectivity index (χ1) is 5.55. The second-order valence-electron chi connectivity index (χ2n) is 2.86. The molecule has 72 valence electrons. The molecule has 0 aromatic rings. The first-order valence-electron chi connectivity index (χ1n) is 3.60. The lowest BCUT2D eigenvalue weighted by molar-refractivity contribution is -0.222. The van der Waals surface area contributed by atoms with Gasteiger partial charge in [-0.25, -0.2) is 0 Å². The molecule has 1 aliphatic rings. The Hall–Kier alpha value is -0.240. The van der Waals surface area contributed by atoms with Crippen LogP contribution in [0.5, 0.6) is 0 Å². The molecule has 6 N–H and O–H groups in total. The van der Waals surface area contributed by atoms with Gasteiger partial charge in [-0.2, -0.15) is 0 Å². The molecule has 1 fully saturated rings. The van der Waals surface area contributed by atoms with Crippen LogP contribution in [0.4, 0.5) is 0 Å². The minimum absolute atomic E-state index is 0.447. The summed E-state index contributed by atoms with van der Waals surface area (Å²) in [6.07, 6.45) is -2.09. The van der Waals surface area contributed by atoms with Gasteiger partial charge in [0.15, 0.2) is 0 Å². The van der Waals surface area contributed by atoms with Gasteiger partial charge in [0.2, 0.25) is 5.79 Å². The number of ether oxygens (including phenoxy) is 1. The van der Waals surface area contributed by atoms with Gasteiger partial charge < -0.3 is 30.9 Å². The van der Waals surface area contributed by atoms with Crippen molar-refractivity contribution < 1.29 is 25.2 Å². The smallest absolute Gasteiger partial charge is 0.207 e. The third-order valence-electron chi connectivity index (χ3n) is 2.03. The van der Waals surface area contributed by atoms with E-state index in [4.69, 9.17) is 20.7 Å². The van der Waals surface area contributed by atoms with E-state index in [0.29, 0.717) is 0 Å². The lowest BCUT2D eigenvalue weighted by Crippen LogP contribution is -2.51. The summed E-state index contributed by atoms with van der Waals surface area (Å²) >= 11 is 0. The monoisotopic (exact) mass is 179 g/mol. The average Bonchev–Trinajstić information content (AvgIpc) is 2.31. The van der Waals surface area contributed by atoms with Crippen molar-refractivity contribution in [3.8, 4) is 0 Å².